The van der Waals surface area contributed by atoms with E-state index in [-0.39, 0.29) is 0 Å². The fourth-order valence-corrected chi connectivity index (χ4v) is 24.2. The van der Waals surface area contributed by atoms with E-state index in [1.165, 1.54) is 131 Å². The second-order valence-corrected chi connectivity index (χ2v) is 37.8. The Balaban J connectivity index is 0.000000104. The fraction of sp³-hybridized carbons (Fsp3) is 0. The highest BCUT2D eigenvalue weighted by Gasteiger charge is 2.27. The van der Waals surface area contributed by atoms with Crippen molar-refractivity contribution in [2.45, 2.75) is 0 Å². The van der Waals surface area contributed by atoms with Crippen molar-refractivity contribution in [1.82, 2.24) is 38.6 Å². The maximum atomic E-state index is 10.7. The van der Waals surface area contributed by atoms with Gasteiger partial charge in [-0.25, -0.2) is 24.9 Å². The summed E-state index contributed by atoms with van der Waals surface area (Å²) in [5.74, 6) is 1.75. The molecule has 0 aliphatic heterocycles. The summed E-state index contributed by atoms with van der Waals surface area (Å²) in [5, 5.41) is 57.3. The third-order valence-electron chi connectivity index (χ3n) is 27.1. The number of aromatic nitrogens is 8. The molecule has 0 atom stereocenters. The van der Waals surface area contributed by atoms with E-state index in [0.29, 0.717) is 28.8 Å². The molecule has 14 heteroatoms. The number of hydrogen-bond acceptors (Lipinski definition) is 11. The van der Waals surface area contributed by atoms with Gasteiger partial charge in [0, 0.05) is 115 Å². The van der Waals surface area contributed by atoms with Crippen LogP contribution in [0.3, 0.4) is 0 Å². The van der Waals surface area contributed by atoms with Gasteiger partial charge in [-0.05, 0) is 222 Å². The van der Waals surface area contributed by atoms with Crippen LogP contribution < -0.4 is 0 Å². The molecule has 29 aromatic rings. The maximum absolute atomic E-state index is 10.7. The molecule has 0 radical (unpaired) electrons. The molecule has 29 rings (SSSR count). The number of fused-ring (bicyclic) bond motifs is 29. The first kappa shape index (κ1) is 78.0. The third kappa shape index (κ3) is 12.3. The van der Waals surface area contributed by atoms with E-state index >= 15 is 0 Å². The van der Waals surface area contributed by atoms with Gasteiger partial charge in [-0.3, -0.25) is 13.7 Å². The van der Waals surface area contributed by atoms with Crippen molar-refractivity contribution in [3.8, 4) is 80.4 Å². The quantitative estimate of drug-likeness (QED) is 0.153. The highest BCUT2D eigenvalue weighted by atomic mass is 32.1. The number of rotatable bonds is 7. The predicted octanol–water partition coefficient (Wildman–Crippen LogP) is 32.8. The molecule has 0 N–H and O–H groups in total. The molecule has 0 aliphatic rings. The van der Waals surface area contributed by atoms with Gasteiger partial charge in [-0.2, -0.15) is 15.8 Å². The van der Waals surface area contributed by atoms with Crippen LogP contribution in [0.5, 0.6) is 0 Å². The lowest BCUT2D eigenvalue weighted by Gasteiger charge is -2.16. The van der Waals surface area contributed by atoms with Gasteiger partial charge in [0.05, 0.1) is 55.2 Å². The van der Waals surface area contributed by atoms with Crippen LogP contribution in [0.15, 0.2) is 406 Å². The molecule has 0 amide bonds. The maximum Gasteiger partial charge on any atom is 0.236 e. The smallest absolute Gasteiger partial charge is 0.236 e. The molecule has 0 aliphatic carbocycles. The van der Waals surface area contributed by atoms with E-state index in [2.05, 4.69) is 347 Å². The zero-order valence-corrected chi connectivity index (χ0v) is 74.8. The molecular formula is C122H67N11S3. The zero-order valence-electron chi connectivity index (χ0n) is 72.3. The minimum atomic E-state index is 0.372. The summed E-state index contributed by atoms with van der Waals surface area (Å²) >= 11 is 5.53. The molecule has 0 bridgehead atoms. The molecule has 9 heterocycles. The monoisotopic (exact) mass is 1780 g/mol. The summed E-state index contributed by atoms with van der Waals surface area (Å²) in [4.78, 5) is 24.8. The molecule has 9 aromatic heterocycles. The molecule has 628 valence electrons. The van der Waals surface area contributed by atoms with Crippen LogP contribution in [0.25, 0.3) is 264 Å². The largest absolute Gasteiger partial charge is 0.293 e. The Kier molecular flexibility index (Phi) is 17.8. The average Bonchev–Trinajstić information content (AvgIpc) is 1.58. The van der Waals surface area contributed by atoms with E-state index in [4.69, 9.17) is 24.9 Å². The normalized spacial score (nSPS) is 11.8. The van der Waals surface area contributed by atoms with Crippen molar-refractivity contribution in [3.05, 3.63) is 423 Å². The second-order valence-electron chi connectivity index (χ2n) is 34.5. The van der Waals surface area contributed by atoms with Crippen molar-refractivity contribution in [3.63, 3.8) is 0 Å². The Morgan fingerprint density at radius 3 is 0.949 bits per heavy atom. The number of nitriles is 3. The minimum absolute atomic E-state index is 0.372. The van der Waals surface area contributed by atoms with Crippen LogP contribution in [0.1, 0.15) is 17.0 Å². The summed E-state index contributed by atoms with van der Waals surface area (Å²) in [6.07, 6.45) is 0. The van der Waals surface area contributed by atoms with Crippen LogP contribution in [0, 0.1) is 34.0 Å². The summed E-state index contributed by atoms with van der Waals surface area (Å²) in [6, 6.07) is 150. The van der Waals surface area contributed by atoms with E-state index in [9.17, 15) is 15.8 Å². The van der Waals surface area contributed by atoms with Gasteiger partial charge in [0.25, 0.3) is 0 Å². The number of benzene rings is 20. The first-order valence-electron chi connectivity index (χ1n) is 45.1. The van der Waals surface area contributed by atoms with Gasteiger partial charge >= 0.3 is 0 Å². The van der Waals surface area contributed by atoms with Crippen molar-refractivity contribution >= 4 is 236 Å². The lowest BCUT2D eigenvalue weighted by atomic mass is 9.97. The van der Waals surface area contributed by atoms with Crippen LogP contribution in [-0.4, -0.2) is 38.6 Å². The molecule has 0 unspecified atom stereocenters. The Morgan fingerprint density at radius 2 is 0.507 bits per heavy atom. The topological polar surface area (TPSA) is 151 Å². The van der Waals surface area contributed by atoms with Gasteiger partial charge < -0.3 is 0 Å². The Hall–Kier alpha value is -17.9. The molecule has 0 spiro atoms. The molecule has 0 fully saturated rings. The number of nitrogens with zero attached hydrogens (tertiary/aromatic N) is 11. The van der Waals surface area contributed by atoms with Gasteiger partial charge in [-0.1, -0.05) is 267 Å². The number of pyridine rings is 1. The van der Waals surface area contributed by atoms with Crippen LogP contribution >= 0.6 is 34.0 Å². The summed E-state index contributed by atoms with van der Waals surface area (Å²) in [5.41, 5.74) is 18.6. The van der Waals surface area contributed by atoms with Crippen LogP contribution in [0.2, 0.25) is 0 Å². The molecule has 11 nitrogen and oxygen atoms in total. The third-order valence-corrected chi connectivity index (χ3v) is 30.6. The molecule has 0 saturated carbocycles. The predicted molar refractivity (Wildman–Crippen MR) is 568 cm³/mol. The van der Waals surface area contributed by atoms with E-state index in [1.807, 2.05) is 125 Å². The minimum Gasteiger partial charge on any atom is -0.293 e. The lowest BCUT2D eigenvalue weighted by molar-refractivity contribution is 1.00. The van der Waals surface area contributed by atoms with E-state index < -0.39 is 0 Å². The second kappa shape index (κ2) is 31.1. The summed E-state index contributed by atoms with van der Waals surface area (Å²) < 4.78 is 14.3. The summed E-state index contributed by atoms with van der Waals surface area (Å²) in [7, 11) is 0. The van der Waals surface area contributed by atoms with E-state index in [1.54, 1.807) is 0 Å². The fourth-order valence-electron chi connectivity index (χ4n) is 21.0. The SMILES string of the molecule is N#Cc1c(-c2ccccc2)c(-n2c3ccc(-c4ccc5sc6ccccc6c5c4)cc3c3c4ccccc4ccc32)nc2ccccc12.N#Cc1nc(-n2c3ccc(-c4ccc5sc6ccc7ccccc7c6c5c4)cc3c3c4ccccc4ccc32)nc2ccccc12.N#Cc1nc(-n2c3ccc(-c4ccc5sc6ccccc6c5c4)cc3c3c4ccccc4ccc32)nc2ccccc12. The Labute approximate surface area is 787 Å². The average molecular weight is 1780 g/mol. The van der Waals surface area contributed by atoms with Crippen molar-refractivity contribution in [1.29, 1.82) is 15.8 Å². The van der Waals surface area contributed by atoms with Crippen LogP contribution in [0.4, 0.5) is 0 Å². The number of para-hydroxylation sites is 3. The van der Waals surface area contributed by atoms with Gasteiger partial charge in [-0.15, -0.1) is 34.0 Å². The highest BCUT2D eigenvalue weighted by Crippen LogP contribution is 2.49. The Bertz CT molecular complexity index is 10400. The lowest BCUT2D eigenvalue weighted by Crippen LogP contribution is -2.04. The number of hydrogen-bond donors (Lipinski definition) is 0. The van der Waals surface area contributed by atoms with Gasteiger partial charge in [0.2, 0.25) is 11.9 Å². The molecular weight excluding hydrogens is 1720 g/mol. The molecule has 136 heavy (non-hydrogen) atoms. The first-order valence-corrected chi connectivity index (χ1v) is 47.5. The van der Waals surface area contributed by atoms with E-state index in [0.717, 1.165) is 121 Å². The Morgan fingerprint density at radius 1 is 0.199 bits per heavy atom. The zero-order chi connectivity index (χ0) is 89.9. The summed E-state index contributed by atoms with van der Waals surface area (Å²) in [6.45, 7) is 0. The molecule has 0 saturated heterocycles. The van der Waals surface area contributed by atoms with Gasteiger partial charge in [0.15, 0.2) is 11.4 Å². The van der Waals surface area contributed by atoms with Crippen molar-refractivity contribution < 1.29 is 0 Å². The highest BCUT2D eigenvalue weighted by molar-refractivity contribution is 7.26. The number of thiophene rings is 3. The van der Waals surface area contributed by atoms with Gasteiger partial charge in [0.1, 0.15) is 24.0 Å². The van der Waals surface area contributed by atoms with Crippen LogP contribution in [-0.2, 0) is 0 Å². The standard InChI is InChI=1S/C44H25N3S.C41H22N4S.C37H20N4S/c45-26-36-32-14-6-8-16-37(32)46-44(42(36)28-11-2-1-3-12-28)47-38-21-19-29(25-35(38)43-31-13-5-4-10-27(31)18-22-39(43)47)30-20-23-41-34(24-30)33-15-7-9-17-40(33)48-41;42-23-34-30-11-5-6-12-33(30)43-41(44-34)45-35-17-14-26(21-31(35)39-28-9-3-1-7-24(28)13-18-36(39)45)27-16-19-37-32(22-27)40-29-10-4-2-8-25(29)15-20-38(40)46-37;38-21-31-27-10-3-5-11-30(27)39-37(40-31)41-32-16-14-23(20-29(32)36-25-8-2-1-7-22(25)13-17-33(36)41)24-15-18-35-28(19-24)26-9-4-6-12-34(26)42-35/h1-25H;1-22H;1-20H. The van der Waals surface area contributed by atoms with Crippen molar-refractivity contribution in [2.75, 3.05) is 0 Å². The molecule has 20 aromatic carbocycles. The van der Waals surface area contributed by atoms with Crippen molar-refractivity contribution in [2.24, 2.45) is 0 Å². The first-order chi connectivity index (χ1) is 67.3.